The molecule has 1 heterocycles. The predicted octanol–water partition coefficient (Wildman–Crippen LogP) is 3.75. The minimum Gasteiger partial charge on any atom is -0.381 e. The maximum Gasteiger partial charge on any atom is 0.419 e. The van der Waals surface area contributed by atoms with Gasteiger partial charge in [-0.1, -0.05) is 6.92 Å². The molecule has 1 aromatic heterocycles. The second-order valence-corrected chi connectivity index (χ2v) is 4.67. The highest BCUT2D eigenvalue weighted by atomic mass is 19.4. The van der Waals surface area contributed by atoms with Crippen LogP contribution >= 0.6 is 0 Å². The molecule has 21 heavy (non-hydrogen) atoms. The Morgan fingerprint density at radius 2 is 2.00 bits per heavy atom. The van der Waals surface area contributed by atoms with Crippen LogP contribution in [0.15, 0.2) is 24.4 Å². The number of alkyl halides is 3. The molecule has 0 unspecified atom stereocenters. The van der Waals surface area contributed by atoms with Gasteiger partial charge in [0.05, 0.1) is 11.3 Å². The first-order valence-corrected chi connectivity index (χ1v) is 6.43. The van der Waals surface area contributed by atoms with Crippen LogP contribution in [-0.4, -0.2) is 9.78 Å². The summed E-state index contributed by atoms with van der Waals surface area (Å²) in [6.45, 7) is 2.28. The number of aryl methyl sites for hydroxylation is 2. The Bertz CT molecular complexity index is 632. The van der Waals surface area contributed by atoms with Gasteiger partial charge in [0.1, 0.15) is 5.82 Å². The second-order valence-electron chi connectivity index (χ2n) is 4.67. The highest BCUT2D eigenvalue weighted by Gasteiger charge is 2.34. The molecule has 2 aromatic rings. The first-order chi connectivity index (χ1) is 9.81. The number of nitrogens with one attached hydrogen (secondary N) is 1. The zero-order chi connectivity index (χ0) is 15.6. The van der Waals surface area contributed by atoms with Gasteiger partial charge in [0, 0.05) is 31.0 Å². The van der Waals surface area contributed by atoms with E-state index in [9.17, 15) is 17.6 Å². The fourth-order valence-corrected chi connectivity index (χ4v) is 2.08. The summed E-state index contributed by atoms with van der Waals surface area (Å²) in [5, 5.41) is 7.12. The van der Waals surface area contributed by atoms with E-state index in [1.54, 1.807) is 17.9 Å². The zero-order valence-corrected chi connectivity index (χ0v) is 11.6. The SMILES string of the molecule is CCc1nn(C)cc1CNc1ccc(F)c(C(F)(F)F)c1. The molecule has 0 aliphatic rings. The molecule has 0 spiro atoms. The number of halogens is 4. The van der Waals surface area contributed by atoms with E-state index in [1.807, 2.05) is 6.92 Å². The van der Waals surface area contributed by atoms with Crippen molar-refractivity contribution in [3.63, 3.8) is 0 Å². The van der Waals surface area contributed by atoms with E-state index >= 15 is 0 Å². The molecule has 0 radical (unpaired) electrons. The molecule has 0 atom stereocenters. The number of rotatable bonds is 4. The first-order valence-electron chi connectivity index (χ1n) is 6.43. The smallest absolute Gasteiger partial charge is 0.381 e. The third kappa shape index (κ3) is 3.53. The van der Waals surface area contributed by atoms with Crippen molar-refractivity contribution in [1.82, 2.24) is 9.78 Å². The van der Waals surface area contributed by atoms with Gasteiger partial charge >= 0.3 is 6.18 Å². The Kier molecular flexibility index (Phi) is 4.20. The molecule has 3 nitrogen and oxygen atoms in total. The van der Waals surface area contributed by atoms with Crippen LogP contribution in [-0.2, 0) is 26.2 Å². The molecule has 114 valence electrons. The minimum atomic E-state index is -4.70. The van der Waals surface area contributed by atoms with Crippen LogP contribution in [0.5, 0.6) is 0 Å². The van der Waals surface area contributed by atoms with Crippen molar-refractivity contribution in [2.45, 2.75) is 26.1 Å². The monoisotopic (exact) mass is 301 g/mol. The van der Waals surface area contributed by atoms with Crippen LogP contribution < -0.4 is 5.32 Å². The van der Waals surface area contributed by atoms with Gasteiger partial charge in [-0.05, 0) is 24.6 Å². The van der Waals surface area contributed by atoms with Gasteiger partial charge in [0.15, 0.2) is 0 Å². The maximum atomic E-state index is 13.2. The van der Waals surface area contributed by atoms with Crippen LogP contribution in [0.1, 0.15) is 23.7 Å². The molecule has 1 aromatic carbocycles. The van der Waals surface area contributed by atoms with E-state index in [2.05, 4.69) is 10.4 Å². The van der Waals surface area contributed by atoms with Crippen LogP contribution in [0.4, 0.5) is 23.2 Å². The summed E-state index contributed by atoms with van der Waals surface area (Å²) in [7, 11) is 1.78. The number of benzene rings is 1. The van der Waals surface area contributed by atoms with E-state index in [-0.39, 0.29) is 5.69 Å². The van der Waals surface area contributed by atoms with Crippen molar-refractivity contribution in [3.8, 4) is 0 Å². The molecule has 0 saturated heterocycles. The Labute approximate surface area is 119 Å². The van der Waals surface area contributed by atoms with Gasteiger partial charge in [-0.15, -0.1) is 0 Å². The molecule has 1 N–H and O–H groups in total. The standard InChI is InChI=1S/C14H15F4N3/c1-3-13-9(8-21(2)20-13)7-19-10-4-5-12(15)11(6-10)14(16,17)18/h4-6,8,19H,3,7H2,1-2H3. The molecule has 0 amide bonds. The topological polar surface area (TPSA) is 29.9 Å². The molecular formula is C14H15F4N3. The van der Waals surface area contributed by atoms with Crippen LogP contribution in [0, 0.1) is 5.82 Å². The molecule has 0 saturated carbocycles. The lowest BCUT2D eigenvalue weighted by Crippen LogP contribution is -2.09. The summed E-state index contributed by atoms with van der Waals surface area (Å²) >= 11 is 0. The van der Waals surface area contributed by atoms with Gasteiger partial charge in [-0.3, -0.25) is 4.68 Å². The zero-order valence-electron chi connectivity index (χ0n) is 11.6. The van der Waals surface area contributed by atoms with Gasteiger partial charge < -0.3 is 5.32 Å². The van der Waals surface area contributed by atoms with Gasteiger partial charge in [-0.2, -0.15) is 18.3 Å². The van der Waals surface area contributed by atoms with Crippen molar-refractivity contribution in [1.29, 1.82) is 0 Å². The van der Waals surface area contributed by atoms with E-state index < -0.39 is 17.6 Å². The first kappa shape index (κ1) is 15.3. The highest BCUT2D eigenvalue weighted by molar-refractivity contribution is 5.47. The van der Waals surface area contributed by atoms with Gasteiger partial charge in [0.25, 0.3) is 0 Å². The molecule has 7 heteroatoms. The minimum absolute atomic E-state index is 0.217. The fraction of sp³-hybridized carbons (Fsp3) is 0.357. The lowest BCUT2D eigenvalue weighted by Gasteiger charge is -2.11. The predicted molar refractivity (Wildman–Crippen MR) is 71.3 cm³/mol. The average molecular weight is 301 g/mol. The van der Waals surface area contributed by atoms with Gasteiger partial charge in [-0.25, -0.2) is 4.39 Å². The lowest BCUT2D eigenvalue weighted by atomic mass is 10.1. The Morgan fingerprint density at radius 3 is 2.62 bits per heavy atom. The lowest BCUT2D eigenvalue weighted by molar-refractivity contribution is -0.139. The third-order valence-corrected chi connectivity index (χ3v) is 3.08. The Hall–Kier alpha value is -2.05. The normalized spacial score (nSPS) is 11.7. The van der Waals surface area contributed by atoms with Crippen molar-refractivity contribution in [2.24, 2.45) is 7.05 Å². The summed E-state index contributed by atoms with van der Waals surface area (Å²) in [5.74, 6) is -1.27. The molecule has 0 fully saturated rings. The molecule has 0 bridgehead atoms. The quantitative estimate of drug-likeness (QED) is 0.872. The maximum absolute atomic E-state index is 13.2. The number of hydrogen-bond donors (Lipinski definition) is 1. The van der Waals surface area contributed by atoms with Gasteiger partial charge in [0.2, 0.25) is 0 Å². The van der Waals surface area contributed by atoms with Crippen molar-refractivity contribution in [3.05, 3.63) is 47.0 Å². The highest BCUT2D eigenvalue weighted by Crippen LogP contribution is 2.33. The van der Waals surface area contributed by atoms with Crippen molar-refractivity contribution < 1.29 is 17.6 Å². The van der Waals surface area contributed by atoms with E-state index in [1.165, 1.54) is 6.07 Å². The Morgan fingerprint density at radius 1 is 1.29 bits per heavy atom. The summed E-state index contributed by atoms with van der Waals surface area (Å²) in [6.07, 6.45) is -2.17. The third-order valence-electron chi connectivity index (χ3n) is 3.08. The summed E-state index contributed by atoms with van der Waals surface area (Å²) in [6, 6.07) is 2.87. The summed E-state index contributed by atoms with van der Waals surface area (Å²) < 4.78 is 52.7. The van der Waals surface area contributed by atoms with Crippen molar-refractivity contribution in [2.75, 3.05) is 5.32 Å². The Balaban J connectivity index is 2.17. The van der Waals surface area contributed by atoms with E-state index in [0.29, 0.717) is 6.54 Å². The summed E-state index contributed by atoms with van der Waals surface area (Å²) in [5.41, 5.74) is 0.727. The average Bonchev–Trinajstić information content (AvgIpc) is 2.77. The van der Waals surface area contributed by atoms with Crippen LogP contribution in [0.2, 0.25) is 0 Å². The van der Waals surface area contributed by atoms with E-state index in [4.69, 9.17) is 0 Å². The number of anilines is 1. The van der Waals surface area contributed by atoms with Crippen LogP contribution in [0.25, 0.3) is 0 Å². The molecule has 2 rings (SSSR count). The molecule has 0 aliphatic heterocycles. The van der Waals surface area contributed by atoms with Crippen LogP contribution in [0.3, 0.4) is 0 Å². The largest absolute Gasteiger partial charge is 0.419 e. The molecule has 0 aliphatic carbocycles. The fourth-order valence-electron chi connectivity index (χ4n) is 2.08. The second kappa shape index (κ2) is 5.75. The number of hydrogen-bond acceptors (Lipinski definition) is 2. The number of aromatic nitrogens is 2. The van der Waals surface area contributed by atoms with Crippen molar-refractivity contribution >= 4 is 5.69 Å². The van der Waals surface area contributed by atoms with E-state index in [0.717, 1.165) is 29.8 Å². The number of nitrogens with zero attached hydrogens (tertiary/aromatic N) is 2. The molecular weight excluding hydrogens is 286 g/mol. The summed E-state index contributed by atoms with van der Waals surface area (Å²) in [4.78, 5) is 0.